The van der Waals surface area contributed by atoms with Gasteiger partial charge in [0, 0.05) is 17.5 Å². The van der Waals surface area contributed by atoms with E-state index in [0.717, 1.165) is 34.4 Å². The van der Waals surface area contributed by atoms with Gasteiger partial charge in [0.05, 0.1) is 20.8 Å². The molecule has 4 heteroatoms. The highest BCUT2D eigenvalue weighted by Gasteiger charge is 2.24. The van der Waals surface area contributed by atoms with Gasteiger partial charge in [-0.1, -0.05) is 24.6 Å². The Morgan fingerprint density at radius 1 is 0.962 bits per heavy atom. The first-order valence-corrected chi connectivity index (χ1v) is 9.25. The van der Waals surface area contributed by atoms with E-state index in [1.165, 1.54) is 19.3 Å². The molecule has 2 aliphatic carbocycles. The first-order valence-electron chi connectivity index (χ1n) is 9.25. The zero-order chi connectivity index (χ0) is 18.1. The summed E-state index contributed by atoms with van der Waals surface area (Å²) in [7, 11) is 3.27. The topological polar surface area (TPSA) is 44.8 Å². The average Bonchev–Trinajstić information content (AvgIpc) is 3.00. The maximum absolute atomic E-state index is 11.9. The smallest absolute Gasteiger partial charge is 0.203 e. The Balaban J connectivity index is 1.75. The van der Waals surface area contributed by atoms with Gasteiger partial charge in [-0.15, -0.1) is 0 Å². The third kappa shape index (κ3) is 2.94. The number of carbonyl (C=O) groups is 1. The lowest BCUT2D eigenvalue weighted by Crippen LogP contribution is -2.19. The monoisotopic (exact) mass is 352 g/mol. The Hall–Kier alpha value is -2.49. The molecule has 4 rings (SSSR count). The molecule has 0 saturated heterocycles. The van der Waals surface area contributed by atoms with E-state index in [2.05, 4.69) is 6.07 Å². The zero-order valence-electron chi connectivity index (χ0n) is 15.3. The zero-order valence-corrected chi connectivity index (χ0v) is 15.3. The van der Waals surface area contributed by atoms with Crippen molar-refractivity contribution in [2.45, 2.75) is 32.1 Å². The van der Waals surface area contributed by atoms with Gasteiger partial charge in [-0.2, -0.15) is 0 Å². The summed E-state index contributed by atoms with van der Waals surface area (Å²) in [6.07, 6.45) is 5.16. The van der Waals surface area contributed by atoms with Gasteiger partial charge in [-0.05, 0) is 48.4 Å². The predicted octanol–water partition coefficient (Wildman–Crippen LogP) is 4.68. The number of aryl methyl sites for hydroxylation is 1. The van der Waals surface area contributed by atoms with E-state index < -0.39 is 0 Å². The molecule has 26 heavy (non-hydrogen) atoms. The van der Waals surface area contributed by atoms with Gasteiger partial charge < -0.3 is 14.2 Å². The van der Waals surface area contributed by atoms with Crippen LogP contribution in [0.4, 0.5) is 0 Å². The van der Waals surface area contributed by atoms with Crippen molar-refractivity contribution in [3.05, 3.63) is 41.5 Å². The van der Waals surface area contributed by atoms with Crippen LogP contribution in [0.2, 0.25) is 0 Å². The van der Waals surface area contributed by atoms with Crippen molar-refractivity contribution in [1.82, 2.24) is 0 Å². The lowest BCUT2D eigenvalue weighted by Gasteiger charge is -2.26. The van der Waals surface area contributed by atoms with Gasteiger partial charge in [-0.3, -0.25) is 4.79 Å². The minimum Gasteiger partial charge on any atom is -0.493 e. The van der Waals surface area contributed by atoms with E-state index >= 15 is 0 Å². The number of rotatable bonds is 6. The Morgan fingerprint density at radius 3 is 2.46 bits per heavy atom. The van der Waals surface area contributed by atoms with Gasteiger partial charge >= 0.3 is 0 Å². The Bertz CT molecular complexity index is 836. The van der Waals surface area contributed by atoms with E-state index in [-0.39, 0.29) is 5.78 Å². The van der Waals surface area contributed by atoms with E-state index in [1.807, 2.05) is 24.3 Å². The molecule has 0 radical (unpaired) electrons. The maximum atomic E-state index is 11.9. The van der Waals surface area contributed by atoms with E-state index in [0.29, 0.717) is 30.4 Å². The normalized spacial score (nSPS) is 16.2. The molecule has 2 aromatic carbocycles. The van der Waals surface area contributed by atoms with Crippen molar-refractivity contribution < 1.29 is 19.0 Å². The van der Waals surface area contributed by atoms with E-state index in [9.17, 15) is 4.79 Å². The third-order valence-electron chi connectivity index (χ3n) is 5.53. The van der Waals surface area contributed by atoms with E-state index in [4.69, 9.17) is 14.2 Å². The fraction of sp³-hybridized carbons (Fsp3) is 0.409. The van der Waals surface area contributed by atoms with Crippen LogP contribution in [-0.2, 0) is 6.42 Å². The summed E-state index contributed by atoms with van der Waals surface area (Å²) in [5, 5.41) is 0. The van der Waals surface area contributed by atoms with Gasteiger partial charge in [0.25, 0.3) is 0 Å². The maximum Gasteiger partial charge on any atom is 0.203 e. The van der Waals surface area contributed by atoms with Crippen molar-refractivity contribution in [2.24, 2.45) is 5.92 Å². The van der Waals surface area contributed by atoms with Crippen LogP contribution in [0.25, 0.3) is 11.1 Å². The molecule has 2 aliphatic rings. The van der Waals surface area contributed by atoms with Crippen molar-refractivity contribution in [3.63, 3.8) is 0 Å². The molecule has 4 nitrogen and oxygen atoms in total. The average molecular weight is 352 g/mol. The molecule has 1 fully saturated rings. The van der Waals surface area contributed by atoms with Gasteiger partial charge in [-0.25, -0.2) is 0 Å². The van der Waals surface area contributed by atoms with Crippen LogP contribution in [0.15, 0.2) is 30.3 Å². The Kier molecular flexibility index (Phi) is 4.58. The van der Waals surface area contributed by atoms with Crippen molar-refractivity contribution in [2.75, 3.05) is 20.8 Å². The molecule has 136 valence electrons. The standard InChI is InChI=1S/C22H24O4/c1-24-20-11-9-18(16-6-8-17-15(12-16)7-10-19(17)23)21(22(20)25-2)26-13-14-4-3-5-14/h6,8-9,11-12,14H,3-5,7,10,13H2,1-2H3. The molecule has 0 bridgehead atoms. The minimum absolute atomic E-state index is 0.236. The largest absolute Gasteiger partial charge is 0.493 e. The molecule has 1 saturated carbocycles. The van der Waals surface area contributed by atoms with Gasteiger partial charge in [0.1, 0.15) is 0 Å². The van der Waals surface area contributed by atoms with Crippen molar-refractivity contribution in [1.29, 1.82) is 0 Å². The summed E-state index contributed by atoms with van der Waals surface area (Å²) in [6, 6.07) is 9.96. The summed E-state index contributed by atoms with van der Waals surface area (Å²) in [4.78, 5) is 11.9. The number of Topliss-reactive ketones (excluding diaryl/α,β-unsaturated/α-hetero) is 1. The first kappa shape index (κ1) is 17.0. The molecule has 0 heterocycles. The van der Waals surface area contributed by atoms with Gasteiger partial charge in [0.15, 0.2) is 17.3 Å². The third-order valence-corrected chi connectivity index (χ3v) is 5.53. The molecule has 0 atom stereocenters. The molecule has 0 amide bonds. The van der Waals surface area contributed by atoms with Crippen LogP contribution < -0.4 is 14.2 Å². The fourth-order valence-electron chi connectivity index (χ4n) is 3.75. The summed E-state index contributed by atoms with van der Waals surface area (Å²) >= 11 is 0. The summed E-state index contributed by atoms with van der Waals surface area (Å²) < 4.78 is 17.3. The van der Waals surface area contributed by atoms with Crippen molar-refractivity contribution >= 4 is 5.78 Å². The lowest BCUT2D eigenvalue weighted by atomic mass is 9.86. The second kappa shape index (κ2) is 7.02. The molecule has 0 aliphatic heterocycles. The predicted molar refractivity (Wildman–Crippen MR) is 100 cm³/mol. The molecular formula is C22H24O4. The Morgan fingerprint density at radius 2 is 1.77 bits per heavy atom. The second-order valence-corrected chi connectivity index (χ2v) is 7.08. The number of benzene rings is 2. The highest BCUT2D eigenvalue weighted by atomic mass is 16.5. The minimum atomic E-state index is 0.236. The summed E-state index contributed by atoms with van der Waals surface area (Å²) in [5.41, 5.74) is 3.99. The van der Waals surface area contributed by atoms with Crippen LogP contribution in [0.5, 0.6) is 17.2 Å². The summed E-state index contributed by atoms with van der Waals surface area (Å²) in [5.74, 6) is 2.87. The molecular weight excluding hydrogens is 328 g/mol. The lowest BCUT2D eigenvalue weighted by molar-refractivity contribution is 0.0994. The molecule has 0 aromatic heterocycles. The molecule has 0 spiro atoms. The quantitative estimate of drug-likeness (QED) is 0.757. The van der Waals surface area contributed by atoms with Crippen molar-refractivity contribution in [3.8, 4) is 28.4 Å². The number of hydrogen-bond acceptors (Lipinski definition) is 4. The highest BCUT2D eigenvalue weighted by molar-refractivity contribution is 6.01. The van der Waals surface area contributed by atoms with Gasteiger partial charge in [0.2, 0.25) is 5.75 Å². The van der Waals surface area contributed by atoms with Crippen LogP contribution in [0, 0.1) is 5.92 Å². The van der Waals surface area contributed by atoms with Crippen LogP contribution in [0.1, 0.15) is 41.6 Å². The van der Waals surface area contributed by atoms with Crippen LogP contribution >= 0.6 is 0 Å². The summed E-state index contributed by atoms with van der Waals surface area (Å²) in [6.45, 7) is 0.694. The number of hydrogen-bond donors (Lipinski definition) is 0. The SMILES string of the molecule is COc1ccc(-c2ccc3c(c2)CCC3=O)c(OCC2CCC2)c1OC. The second-order valence-electron chi connectivity index (χ2n) is 7.08. The van der Waals surface area contributed by atoms with E-state index in [1.54, 1.807) is 14.2 Å². The molecule has 0 N–H and O–H groups in total. The van der Waals surface area contributed by atoms with Crippen LogP contribution in [0.3, 0.4) is 0 Å². The molecule has 0 unspecified atom stereocenters. The van der Waals surface area contributed by atoms with Crippen LogP contribution in [-0.4, -0.2) is 26.6 Å². The molecule has 2 aromatic rings. The Labute approximate surface area is 154 Å². The number of carbonyl (C=O) groups excluding carboxylic acids is 1. The highest BCUT2D eigenvalue weighted by Crippen LogP contribution is 2.45. The number of ketones is 1. The first-order chi connectivity index (χ1) is 12.7. The fourth-order valence-corrected chi connectivity index (χ4v) is 3.75. The number of fused-ring (bicyclic) bond motifs is 1. The number of methoxy groups -OCH3 is 2. The number of ether oxygens (including phenoxy) is 3.